The second-order valence-electron chi connectivity index (χ2n) is 6.02. The molecule has 21 heavy (non-hydrogen) atoms. The van der Waals surface area contributed by atoms with E-state index in [1.165, 1.54) is 12.8 Å². The zero-order valence-electron chi connectivity index (χ0n) is 12.3. The van der Waals surface area contributed by atoms with Gasteiger partial charge in [0.15, 0.2) is 0 Å². The van der Waals surface area contributed by atoms with E-state index in [9.17, 15) is 4.79 Å². The molecule has 0 spiro atoms. The van der Waals surface area contributed by atoms with E-state index in [0.717, 1.165) is 38.0 Å². The summed E-state index contributed by atoms with van der Waals surface area (Å²) in [6.45, 7) is 3.00. The van der Waals surface area contributed by atoms with Gasteiger partial charge in [-0.25, -0.2) is 0 Å². The van der Waals surface area contributed by atoms with Crippen molar-refractivity contribution in [2.24, 2.45) is 5.92 Å². The van der Waals surface area contributed by atoms with Gasteiger partial charge in [-0.1, -0.05) is 24.1 Å². The summed E-state index contributed by atoms with van der Waals surface area (Å²) in [4.78, 5) is 14.4. The maximum Gasteiger partial charge on any atom is 0.299 e. The van der Waals surface area contributed by atoms with Crippen molar-refractivity contribution in [3.05, 3.63) is 35.9 Å². The standard InChI is InChI=1S/C18H22N2O/c21-18(11-8-15-5-2-1-3-6-15)20(17-9-10-17)14-16-7-4-12-19-13-16/h1-3,5-6,16-17,19H,4,7,9-10,12-14H2. The lowest BCUT2D eigenvalue weighted by Gasteiger charge is -2.29. The molecule has 1 atom stereocenters. The molecule has 2 aliphatic rings. The van der Waals surface area contributed by atoms with E-state index in [0.29, 0.717) is 12.0 Å². The minimum absolute atomic E-state index is 0.00748. The first kappa shape index (κ1) is 14.2. The first-order valence-corrected chi connectivity index (χ1v) is 7.91. The van der Waals surface area contributed by atoms with Crippen LogP contribution in [-0.2, 0) is 4.79 Å². The zero-order chi connectivity index (χ0) is 14.5. The SMILES string of the molecule is O=C(C#Cc1ccccc1)N(CC1CCCNC1)C1CC1. The van der Waals surface area contributed by atoms with Gasteiger partial charge in [0.1, 0.15) is 0 Å². The van der Waals surface area contributed by atoms with Gasteiger partial charge in [0.25, 0.3) is 5.91 Å². The van der Waals surface area contributed by atoms with Gasteiger partial charge in [-0.15, -0.1) is 0 Å². The van der Waals surface area contributed by atoms with E-state index in [2.05, 4.69) is 17.2 Å². The molecule has 1 aliphatic heterocycles. The van der Waals surface area contributed by atoms with Crippen molar-refractivity contribution in [2.75, 3.05) is 19.6 Å². The highest BCUT2D eigenvalue weighted by molar-refractivity contribution is 5.94. The lowest BCUT2D eigenvalue weighted by molar-refractivity contribution is -0.126. The maximum atomic E-state index is 12.4. The van der Waals surface area contributed by atoms with E-state index in [-0.39, 0.29) is 5.91 Å². The monoisotopic (exact) mass is 282 g/mol. The van der Waals surface area contributed by atoms with Crippen LogP contribution in [0.15, 0.2) is 30.3 Å². The number of benzene rings is 1. The number of amides is 1. The fraction of sp³-hybridized carbons (Fsp3) is 0.500. The molecule has 1 aromatic carbocycles. The predicted molar refractivity (Wildman–Crippen MR) is 83.6 cm³/mol. The van der Waals surface area contributed by atoms with Gasteiger partial charge in [0.2, 0.25) is 0 Å². The quantitative estimate of drug-likeness (QED) is 0.860. The molecule has 1 N–H and O–H groups in total. The van der Waals surface area contributed by atoms with Crippen LogP contribution >= 0.6 is 0 Å². The number of hydrogen-bond donors (Lipinski definition) is 1. The third-order valence-electron chi connectivity index (χ3n) is 4.19. The Morgan fingerprint density at radius 2 is 2.05 bits per heavy atom. The largest absolute Gasteiger partial charge is 0.329 e. The zero-order valence-corrected chi connectivity index (χ0v) is 12.3. The van der Waals surface area contributed by atoms with E-state index in [1.54, 1.807) is 0 Å². The van der Waals surface area contributed by atoms with E-state index < -0.39 is 0 Å². The molecular formula is C18H22N2O. The molecule has 0 aromatic heterocycles. The molecule has 2 fully saturated rings. The van der Waals surface area contributed by atoms with E-state index in [4.69, 9.17) is 0 Å². The minimum Gasteiger partial charge on any atom is -0.329 e. The van der Waals surface area contributed by atoms with Gasteiger partial charge in [-0.3, -0.25) is 4.79 Å². The summed E-state index contributed by atoms with van der Waals surface area (Å²) in [5, 5.41) is 3.42. The number of carbonyl (C=O) groups is 1. The first-order chi connectivity index (χ1) is 10.3. The molecule has 1 aliphatic carbocycles. The van der Waals surface area contributed by atoms with Gasteiger partial charge < -0.3 is 10.2 Å². The first-order valence-electron chi connectivity index (χ1n) is 7.91. The molecule has 1 aromatic rings. The van der Waals surface area contributed by atoms with Gasteiger partial charge >= 0.3 is 0 Å². The van der Waals surface area contributed by atoms with Crippen molar-refractivity contribution in [2.45, 2.75) is 31.7 Å². The molecule has 0 radical (unpaired) electrons. The van der Waals surface area contributed by atoms with Crippen molar-refractivity contribution >= 4 is 5.91 Å². The molecule has 1 amide bonds. The Bertz CT molecular complexity index is 533. The van der Waals surface area contributed by atoms with Crippen molar-refractivity contribution in [1.29, 1.82) is 0 Å². The van der Waals surface area contributed by atoms with Crippen LogP contribution in [0.1, 0.15) is 31.2 Å². The van der Waals surface area contributed by atoms with Gasteiger partial charge in [-0.05, 0) is 56.8 Å². The Morgan fingerprint density at radius 3 is 2.71 bits per heavy atom. The number of hydrogen-bond acceptors (Lipinski definition) is 2. The average molecular weight is 282 g/mol. The Balaban J connectivity index is 1.63. The van der Waals surface area contributed by atoms with Crippen LogP contribution in [0.4, 0.5) is 0 Å². The Kier molecular flexibility index (Phi) is 4.57. The van der Waals surface area contributed by atoms with Crippen LogP contribution in [0.25, 0.3) is 0 Å². The highest BCUT2D eigenvalue weighted by Crippen LogP contribution is 2.28. The normalized spacial score (nSPS) is 21.2. The minimum atomic E-state index is -0.00748. The lowest BCUT2D eigenvalue weighted by atomic mass is 9.99. The fourth-order valence-electron chi connectivity index (χ4n) is 2.86. The second-order valence-corrected chi connectivity index (χ2v) is 6.02. The number of piperidine rings is 1. The molecule has 3 heteroatoms. The number of nitrogens with zero attached hydrogens (tertiary/aromatic N) is 1. The van der Waals surface area contributed by atoms with Crippen LogP contribution in [0.5, 0.6) is 0 Å². The summed E-state index contributed by atoms with van der Waals surface area (Å²) in [7, 11) is 0. The van der Waals surface area contributed by atoms with Crippen LogP contribution in [0, 0.1) is 17.8 Å². The molecule has 1 heterocycles. The van der Waals surface area contributed by atoms with Gasteiger partial charge in [-0.2, -0.15) is 0 Å². The number of carbonyl (C=O) groups excluding carboxylic acids is 1. The van der Waals surface area contributed by atoms with Crippen LogP contribution in [0.2, 0.25) is 0 Å². The molecular weight excluding hydrogens is 260 g/mol. The Morgan fingerprint density at radius 1 is 1.24 bits per heavy atom. The number of nitrogens with one attached hydrogen (secondary N) is 1. The summed E-state index contributed by atoms with van der Waals surface area (Å²) in [6, 6.07) is 10.2. The van der Waals surface area contributed by atoms with Gasteiger partial charge in [0, 0.05) is 24.1 Å². The van der Waals surface area contributed by atoms with Crippen LogP contribution in [0.3, 0.4) is 0 Å². The molecule has 3 nitrogen and oxygen atoms in total. The van der Waals surface area contributed by atoms with E-state index >= 15 is 0 Å². The van der Waals surface area contributed by atoms with Crippen molar-refractivity contribution in [3.63, 3.8) is 0 Å². The van der Waals surface area contributed by atoms with E-state index in [1.807, 2.05) is 35.2 Å². The smallest absolute Gasteiger partial charge is 0.299 e. The average Bonchev–Trinajstić information content (AvgIpc) is 3.37. The Labute approximate surface area is 126 Å². The third kappa shape index (κ3) is 4.09. The summed E-state index contributed by atoms with van der Waals surface area (Å²) >= 11 is 0. The molecule has 3 rings (SSSR count). The highest BCUT2D eigenvalue weighted by Gasteiger charge is 2.33. The molecule has 110 valence electrons. The molecule has 1 saturated carbocycles. The Hall–Kier alpha value is -1.79. The topological polar surface area (TPSA) is 32.3 Å². The summed E-state index contributed by atoms with van der Waals surface area (Å²) < 4.78 is 0. The second kappa shape index (κ2) is 6.78. The van der Waals surface area contributed by atoms with Crippen molar-refractivity contribution < 1.29 is 4.79 Å². The lowest BCUT2D eigenvalue weighted by Crippen LogP contribution is -2.41. The van der Waals surface area contributed by atoms with Crippen LogP contribution < -0.4 is 5.32 Å². The summed E-state index contributed by atoms with van der Waals surface area (Å²) in [5.41, 5.74) is 0.904. The predicted octanol–water partition coefficient (Wildman–Crippen LogP) is 2.03. The van der Waals surface area contributed by atoms with Crippen LogP contribution in [-0.4, -0.2) is 36.5 Å². The molecule has 0 bridgehead atoms. The van der Waals surface area contributed by atoms with Crippen molar-refractivity contribution in [1.82, 2.24) is 10.2 Å². The van der Waals surface area contributed by atoms with Crippen molar-refractivity contribution in [3.8, 4) is 11.8 Å². The summed E-state index contributed by atoms with van der Waals surface area (Å²) in [5.74, 6) is 6.39. The fourth-order valence-corrected chi connectivity index (χ4v) is 2.86. The molecule has 1 unspecified atom stereocenters. The highest BCUT2D eigenvalue weighted by atomic mass is 16.2. The number of rotatable bonds is 3. The van der Waals surface area contributed by atoms with Gasteiger partial charge in [0.05, 0.1) is 0 Å². The maximum absolute atomic E-state index is 12.4. The summed E-state index contributed by atoms with van der Waals surface area (Å²) in [6.07, 6.45) is 4.71. The third-order valence-corrected chi connectivity index (χ3v) is 4.19. The molecule has 1 saturated heterocycles.